The molecule has 154 valence electrons. The fourth-order valence-electron chi connectivity index (χ4n) is 2.77. The van der Waals surface area contributed by atoms with E-state index in [0.29, 0.717) is 5.56 Å². The van der Waals surface area contributed by atoms with Crippen LogP contribution in [0, 0.1) is 0 Å². The van der Waals surface area contributed by atoms with Gasteiger partial charge in [0.05, 0.1) is 16.8 Å². The highest BCUT2D eigenvalue weighted by molar-refractivity contribution is 6.05. The Labute approximate surface area is 161 Å². The molecule has 0 bridgehead atoms. The number of carbonyl (C=O) groups excluding carboxylic acids is 1. The van der Waals surface area contributed by atoms with Gasteiger partial charge >= 0.3 is 12.4 Å². The van der Waals surface area contributed by atoms with Crippen molar-refractivity contribution in [1.82, 2.24) is 5.32 Å². The quantitative estimate of drug-likeness (QED) is 0.745. The van der Waals surface area contributed by atoms with Crippen molar-refractivity contribution in [3.8, 4) is 0 Å². The maximum atomic E-state index is 13.1. The van der Waals surface area contributed by atoms with Crippen molar-refractivity contribution in [2.75, 3.05) is 0 Å². The molecule has 0 saturated heterocycles. The third-order valence-electron chi connectivity index (χ3n) is 4.25. The number of carbonyl (C=O) groups is 1. The van der Waals surface area contributed by atoms with Gasteiger partial charge in [0.25, 0.3) is 5.91 Å². The van der Waals surface area contributed by atoms with Gasteiger partial charge in [-0.25, -0.2) is 0 Å². The van der Waals surface area contributed by atoms with Gasteiger partial charge in [0, 0.05) is 18.5 Å². The highest BCUT2D eigenvalue weighted by atomic mass is 19.4. The molecule has 2 aromatic carbocycles. The van der Waals surface area contributed by atoms with Crippen molar-refractivity contribution in [1.29, 1.82) is 0 Å². The lowest BCUT2D eigenvalue weighted by Gasteiger charge is -2.12. The number of hydrogen-bond donors (Lipinski definition) is 1. The van der Waals surface area contributed by atoms with Crippen LogP contribution in [0.3, 0.4) is 0 Å². The first-order valence-corrected chi connectivity index (χ1v) is 8.39. The zero-order chi connectivity index (χ0) is 21.2. The van der Waals surface area contributed by atoms with Gasteiger partial charge in [-0.1, -0.05) is 35.5 Å². The number of nitrogens with zero attached hydrogens (tertiary/aromatic N) is 1. The predicted molar refractivity (Wildman–Crippen MR) is 90.8 cm³/mol. The molecule has 1 aliphatic heterocycles. The van der Waals surface area contributed by atoms with E-state index in [2.05, 4.69) is 10.5 Å². The van der Waals surface area contributed by atoms with Gasteiger partial charge in [-0.15, -0.1) is 0 Å². The second-order valence-corrected chi connectivity index (χ2v) is 6.29. The molecule has 29 heavy (non-hydrogen) atoms. The molecule has 1 amide bonds. The summed E-state index contributed by atoms with van der Waals surface area (Å²) in [6.07, 6.45) is -10.3. The summed E-state index contributed by atoms with van der Waals surface area (Å²) in [6, 6.07) is 9.05. The molecule has 0 fully saturated rings. The Bertz CT molecular complexity index is 920. The average molecular weight is 416 g/mol. The summed E-state index contributed by atoms with van der Waals surface area (Å²) in [6.45, 7) is -0.0642. The topological polar surface area (TPSA) is 50.7 Å². The summed E-state index contributed by atoms with van der Waals surface area (Å²) >= 11 is 0. The Morgan fingerprint density at radius 1 is 1.00 bits per heavy atom. The molecular weight excluding hydrogens is 402 g/mol. The van der Waals surface area contributed by atoms with Crippen LogP contribution in [-0.4, -0.2) is 17.7 Å². The minimum Gasteiger partial charge on any atom is -0.382 e. The molecule has 1 heterocycles. The van der Waals surface area contributed by atoms with Crippen molar-refractivity contribution < 1.29 is 36.0 Å². The number of oxime groups is 1. The summed E-state index contributed by atoms with van der Waals surface area (Å²) < 4.78 is 77.0. The SMILES string of the molecule is O=C(NCc1ccc(C(F)(F)F)cc1)C1CC(c2ccccc2C(F)(F)F)=NO1. The van der Waals surface area contributed by atoms with Crippen LogP contribution in [0.1, 0.15) is 28.7 Å². The zero-order valence-electron chi connectivity index (χ0n) is 14.6. The fourth-order valence-corrected chi connectivity index (χ4v) is 2.77. The first kappa shape index (κ1) is 20.7. The summed E-state index contributed by atoms with van der Waals surface area (Å²) in [7, 11) is 0. The van der Waals surface area contributed by atoms with Gasteiger partial charge in [-0.3, -0.25) is 4.79 Å². The normalized spacial score (nSPS) is 16.9. The van der Waals surface area contributed by atoms with Crippen LogP contribution in [0.25, 0.3) is 0 Å². The third-order valence-corrected chi connectivity index (χ3v) is 4.25. The molecule has 0 aromatic heterocycles. The second-order valence-electron chi connectivity index (χ2n) is 6.29. The molecule has 2 aromatic rings. The molecule has 1 N–H and O–H groups in total. The highest BCUT2D eigenvalue weighted by Gasteiger charge is 2.37. The number of benzene rings is 2. The zero-order valence-corrected chi connectivity index (χ0v) is 14.6. The number of hydrogen-bond acceptors (Lipinski definition) is 3. The molecule has 0 saturated carbocycles. The van der Waals surface area contributed by atoms with E-state index in [4.69, 9.17) is 4.84 Å². The van der Waals surface area contributed by atoms with Crippen LogP contribution in [-0.2, 0) is 28.5 Å². The van der Waals surface area contributed by atoms with Crippen LogP contribution in [0.4, 0.5) is 26.3 Å². The van der Waals surface area contributed by atoms with Crippen LogP contribution in [0.5, 0.6) is 0 Å². The Balaban J connectivity index is 1.60. The first-order valence-electron chi connectivity index (χ1n) is 8.39. The van der Waals surface area contributed by atoms with Crippen molar-refractivity contribution in [2.45, 2.75) is 31.4 Å². The lowest BCUT2D eigenvalue weighted by molar-refractivity contribution is -0.138. The van der Waals surface area contributed by atoms with Gasteiger partial charge in [-0.2, -0.15) is 26.3 Å². The van der Waals surface area contributed by atoms with E-state index in [9.17, 15) is 31.1 Å². The molecule has 4 nitrogen and oxygen atoms in total. The van der Waals surface area contributed by atoms with Gasteiger partial charge in [0.1, 0.15) is 0 Å². The maximum absolute atomic E-state index is 13.1. The second kappa shape index (κ2) is 7.76. The van der Waals surface area contributed by atoms with Gasteiger partial charge in [-0.05, 0) is 23.8 Å². The van der Waals surface area contributed by atoms with E-state index in [1.807, 2.05) is 0 Å². The largest absolute Gasteiger partial charge is 0.417 e. The van der Waals surface area contributed by atoms with E-state index in [0.717, 1.165) is 18.2 Å². The van der Waals surface area contributed by atoms with Gasteiger partial charge in [0.15, 0.2) is 0 Å². The Kier molecular flexibility index (Phi) is 5.54. The van der Waals surface area contributed by atoms with E-state index >= 15 is 0 Å². The standard InChI is InChI=1S/C19H14F6N2O2/c20-18(21,22)12-7-5-11(6-8-12)10-26-17(28)16-9-15(27-29-16)13-3-1-2-4-14(13)19(23,24)25/h1-8,16H,9-10H2,(H,26,28). The summed E-state index contributed by atoms with van der Waals surface area (Å²) in [4.78, 5) is 17.2. The smallest absolute Gasteiger partial charge is 0.382 e. The van der Waals surface area contributed by atoms with Gasteiger partial charge < -0.3 is 10.2 Å². The molecular formula is C19H14F6N2O2. The first-order chi connectivity index (χ1) is 13.6. The third kappa shape index (κ3) is 4.87. The van der Waals surface area contributed by atoms with Crippen molar-refractivity contribution in [3.05, 3.63) is 70.8 Å². The number of halogens is 6. The minimum absolute atomic E-state index is 0.00685. The van der Waals surface area contributed by atoms with E-state index < -0.39 is 35.5 Å². The fraction of sp³-hybridized carbons (Fsp3) is 0.263. The van der Waals surface area contributed by atoms with Crippen LogP contribution < -0.4 is 5.32 Å². The molecule has 3 rings (SSSR count). The van der Waals surface area contributed by atoms with Crippen molar-refractivity contribution in [2.24, 2.45) is 5.16 Å². The molecule has 1 unspecified atom stereocenters. The highest BCUT2D eigenvalue weighted by Crippen LogP contribution is 2.34. The monoisotopic (exact) mass is 416 g/mol. The molecule has 0 aliphatic carbocycles. The maximum Gasteiger partial charge on any atom is 0.417 e. The molecule has 0 radical (unpaired) electrons. The average Bonchev–Trinajstić information content (AvgIpc) is 3.15. The Morgan fingerprint density at radius 3 is 2.28 bits per heavy atom. The van der Waals surface area contributed by atoms with E-state index in [-0.39, 0.29) is 24.2 Å². The number of rotatable bonds is 4. The number of amides is 1. The van der Waals surface area contributed by atoms with Crippen molar-refractivity contribution in [3.63, 3.8) is 0 Å². The number of nitrogens with one attached hydrogen (secondary N) is 1. The molecule has 10 heteroatoms. The Hall–Kier alpha value is -3.04. The molecule has 1 atom stereocenters. The van der Waals surface area contributed by atoms with Gasteiger partial charge in [0.2, 0.25) is 6.10 Å². The van der Waals surface area contributed by atoms with Crippen molar-refractivity contribution >= 4 is 11.6 Å². The van der Waals surface area contributed by atoms with E-state index in [1.165, 1.54) is 30.3 Å². The lowest BCUT2D eigenvalue weighted by atomic mass is 9.99. The van der Waals surface area contributed by atoms with E-state index in [1.54, 1.807) is 0 Å². The van der Waals surface area contributed by atoms with Crippen LogP contribution in [0.2, 0.25) is 0 Å². The Morgan fingerprint density at radius 2 is 1.66 bits per heavy atom. The number of alkyl halides is 6. The van der Waals surface area contributed by atoms with Crippen LogP contribution >= 0.6 is 0 Å². The minimum atomic E-state index is -4.58. The summed E-state index contributed by atoms with van der Waals surface area (Å²) in [5, 5.41) is 6.08. The molecule has 1 aliphatic rings. The lowest BCUT2D eigenvalue weighted by Crippen LogP contribution is -2.34. The summed E-state index contributed by atoms with van der Waals surface area (Å²) in [5.74, 6) is -0.631. The predicted octanol–water partition coefficient (Wildman–Crippen LogP) is 4.53. The van der Waals surface area contributed by atoms with Crippen LogP contribution in [0.15, 0.2) is 53.7 Å². The summed E-state index contributed by atoms with van der Waals surface area (Å²) in [5.41, 5.74) is -1.44. The molecule has 0 spiro atoms.